The molecule has 32 heavy (non-hydrogen) atoms. The third kappa shape index (κ3) is 5.24. The smallest absolute Gasteiger partial charge is 0.239 e. The minimum Gasteiger partial charge on any atom is -0.491 e. The van der Waals surface area contributed by atoms with Crippen LogP contribution in [0.1, 0.15) is 68.1 Å². The normalized spacial score (nSPS) is 33.9. The van der Waals surface area contributed by atoms with E-state index in [0.717, 1.165) is 4.68 Å². The van der Waals surface area contributed by atoms with E-state index in [1.165, 1.54) is 31.2 Å². The van der Waals surface area contributed by atoms with Crippen molar-refractivity contribution in [2.75, 3.05) is 6.61 Å². The highest BCUT2D eigenvalue weighted by atomic mass is 16.7. The molecule has 5 atom stereocenters. The van der Waals surface area contributed by atoms with Gasteiger partial charge in [-0.3, -0.25) is 4.68 Å². The first-order chi connectivity index (χ1) is 20.3. The van der Waals surface area contributed by atoms with Gasteiger partial charge in [0.25, 0.3) is 0 Å². The van der Waals surface area contributed by atoms with Gasteiger partial charge in [-0.25, -0.2) is 0 Å². The van der Waals surface area contributed by atoms with Crippen molar-refractivity contribution in [3.8, 4) is 11.6 Å². The van der Waals surface area contributed by atoms with Crippen molar-refractivity contribution in [3.05, 3.63) is 41.1 Å². The summed E-state index contributed by atoms with van der Waals surface area (Å²) >= 11 is 0. The second-order valence-corrected chi connectivity index (χ2v) is 7.28. The van der Waals surface area contributed by atoms with E-state index in [0.29, 0.717) is 5.56 Å². The molecule has 178 valence electrons. The number of rotatable bonds is 8. The Kier molecular flexibility index (Phi) is 3.93. The Labute approximate surface area is 206 Å². The lowest BCUT2D eigenvalue weighted by Gasteiger charge is -2.39. The molecule has 0 aliphatic carbocycles. The van der Waals surface area contributed by atoms with Crippen LogP contribution in [0.3, 0.4) is 0 Å². The summed E-state index contributed by atoms with van der Waals surface area (Å²) in [6.07, 6.45) is -12.0. The van der Waals surface area contributed by atoms with Crippen LogP contribution in [0.25, 0.3) is 0 Å². The molecule has 0 bridgehead atoms. The number of nitrogens with zero attached hydrogens (tertiary/aromatic N) is 2. The standard InChI is InChI=1S/C23H34N2O7/c1-12(2)25-14(5)17(10-15-6-8-16(9-7-15)30-13(3)4)22(24-25)32-23-21(29)20(28)19(27)18(11-26)31-23/h6-9,12-13,18-21,23,26-29H,10-11H2,1-5H3/t18-,19-,20+,21-,23+/m1/s1/i1D3,2D3,3D3,4D3,13D. The summed E-state index contributed by atoms with van der Waals surface area (Å²) in [4.78, 5) is 0. The van der Waals surface area contributed by atoms with Gasteiger partial charge in [-0.15, -0.1) is 5.10 Å². The molecular weight excluding hydrogens is 416 g/mol. The molecule has 0 amide bonds. The van der Waals surface area contributed by atoms with Gasteiger partial charge in [-0.1, -0.05) is 12.1 Å². The topological polar surface area (TPSA) is 126 Å². The van der Waals surface area contributed by atoms with Crippen LogP contribution in [0.5, 0.6) is 11.6 Å². The average molecular weight is 464 g/mol. The van der Waals surface area contributed by atoms with E-state index in [1.54, 1.807) is 0 Å². The number of benzene rings is 1. The van der Waals surface area contributed by atoms with Gasteiger partial charge in [0.2, 0.25) is 12.2 Å². The third-order valence-electron chi connectivity index (χ3n) is 5.08. The predicted octanol–water partition coefficient (Wildman–Crippen LogP) is 1.33. The summed E-state index contributed by atoms with van der Waals surface area (Å²) in [6.45, 7) is -12.3. The number of hydrogen-bond donors (Lipinski definition) is 4. The zero-order chi connectivity index (χ0) is 34.5. The van der Waals surface area contributed by atoms with Gasteiger partial charge in [0, 0.05) is 40.2 Å². The Bertz CT molecular complexity index is 1280. The fourth-order valence-corrected chi connectivity index (χ4v) is 3.35. The summed E-state index contributed by atoms with van der Waals surface area (Å²) in [7, 11) is 0. The van der Waals surface area contributed by atoms with E-state index >= 15 is 0 Å². The highest BCUT2D eigenvalue weighted by molar-refractivity contribution is 5.38. The number of aliphatic hydroxyl groups excluding tert-OH is 4. The number of ether oxygens (including phenoxy) is 3. The van der Waals surface area contributed by atoms with Crippen LogP contribution >= 0.6 is 0 Å². The Balaban J connectivity index is 2.05. The Hall–Kier alpha value is -2.17. The quantitative estimate of drug-likeness (QED) is 0.462. The van der Waals surface area contributed by atoms with E-state index in [1.807, 2.05) is 0 Å². The largest absolute Gasteiger partial charge is 0.491 e. The lowest BCUT2D eigenvalue weighted by molar-refractivity contribution is -0.278. The SMILES string of the molecule is [2H]C([2H])([2H])C(n1nc(O[C@@H]2O[C@H](CO)[C@@H](O)[C@H](O)[C@H]2O)c(Cc2ccc(OC([2H])(C([2H])([2H])[2H])C([2H])([2H])[2H])cc2)c1C)C([2H])([2H])[2H]. The van der Waals surface area contributed by atoms with Gasteiger partial charge < -0.3 is 34.6 Å². The molecule has 0 spiro atoms. The van der Waals surface area contributed by atoms with Gasteiger partial charge >= 0.3 is 0 Å². The summed E-state index contributed by atoms with van der Waals surface area (Å²) < 4.78 is 117. The van der Waals surface area contributed by atoms with E-state index in [4.69, 9.17) is 32.0 Å². The van der Waals surface area contributed by atoms with Gasteiger partial charge in [0.1, 0.15) is 30.2 Å². The maximum Gasteiger partial charge on any atom is 0.239 e. The van der Waals surface area contributed by atoms with E-state index in [2.05, 4.69) is 5.10 Å². The molecule has 1 aromatic heterocycles. The zero-order valence-corrected chi connectivity index (χ0v) is 17.1. The molecule has 0 saturated carbocycles. The molecule has 1 aliphatic rings. The van der Waals surface area contributed by atoms with Crippen molar-refractivity contribution < 1.29 is 52.5 Å². The first-order valence-electron chi connectivity index (χ1n) is 16.2. The Morgan fingerprint density at radius 1 is 1.12 bits per heavy atom. The van der Waals surface area contributed by atoms with Crippen LogP contribution < -0.4 is 9.47 Å². The molecule has 1 aliphatic heterocycles. The predicted molar refractivity (Wildman–Crippen MR) is 117 cm³/mol. The van der Waals surface area contributed by atoms with E-state index in [-0.39, 0.29) is 23.4 Å². The zero-order valence-electron chi connectivity index (χ0n) is 30.1. The number of aromatic nitrogens is 2. The number of hydrogen-bond acceptors (Lipinski definition) is 8. The van der Waals surface area contributed by atoms with Crippen LogP contribution in [-0.4, -0.2) is 73.6 Å². The first kappa shape index (κ1) is 12.3. The van der Waals surface area contributed by atoms with Crippen LogP contribution in [0.4, 0.5) is 0 Å². The molecule has 9 nitrogen and oxygen atoms in total. The molecule has 4 N–H and O–H groups in total. The molecule has 1 aromatic carbocycles. The maximum atomic E-state index is 10.5. The monoisotopic (exact) mass is 463 g/mol. The van der Waals surface area contributed by atoms with Crippen molar-refractivity contribution in [1.29, 1.82) is 0 Å². The van der Waals surface area contributed by atoms with Gasteiger partial charge in [0.15, 0.2) is 0 Å². The average Bonchev–Trinajstić information content (AvgIpc) is 3.16. The first-order valence-corrected chi connectivity index (χ1v) is 9.66. The van der Waals surface area contributed by atoms with Crippen molar-refractivity contribution in [2.24, 2.45) is 0 Å². The summed E-state index contributed by atoms with van der Waals surface area (Å²) in [5.41, 5.74) is 0.502. The Morgan fingerprint density at radius 2 is 1.84 bits per heavy atom. The van der Waals surface area contributed by atoms with E-state index < -0.39 is 82.7 Å². The molecule has 1 saturated heterocycles. The summed E-state index contributed by atoms with van der Waals surface area (Å²) in [6, 6.07) is 2.99. The van der Waals surface area contributed by atoms with Crippen molar-refractivity contribution >= 4 is 0 Å². The second-order valence-electron chi connectivity index (χ2n) is 7.28. The molecule has 9 heteroatoms. The maximum absolute atomic E-state index is 10.5. The van der Waals surface area contributed by atoms with Gasteiger partial charge in [-0.2, -0.15) is 0 Å². The van der Waals surface area contributed by atoms with Crippen LogP contribution in [0.15, 0.2) is 24.3 Å². The van der Waals surface area contributed by atoms with Crippen LogP contribution in [0.2, 0.25) is 0 Å². The fraction of sp³-hybridized carbons (Fsp3) is 0.609. The van der Waals surface area contributed by atoms with Crippen molar-refractivity contribution in [3.63, 3.8) is 0 Å². The molecule has 3 rings (SSSR count). The Morgan fingerprint density at radius 3 is 2.47 bits per heavy atom. The molecule has 1 fully saturated rings. The summed E-state index contributed by atoms with van der Waals surface area (Å²) in [5, 5.41) is 44.4. The lowest BCUT2D eigenvalue weighted by Crippen LogP contribution is -2.60. The highest BCUT2D eigenvalue weighted by Crippen LogP contribution is 2.31. The van der Waals surface area contributed by atoms with Gasteiger partial charge in [0.05, 0.1) is 14.1 Å². The fourth-order valence-electron chi connectivity index (χ4n) is 3.35. The second kappa shape index (κ2) is 10.2. The minimum absolute atomic E-state index is 0.0159. The summed E-state index contributed by atoms with van der Waals surface area (Å²) in [5.74, 6) is -0.679. The lowest BCUT2D eigenvalue weighted by atomic mass is 9.99. The highest BCUT2D eigenvalue weighted by Gasteiger charge is 2.45. The minimum atomic E-state index is -3.35. The van der Waals surface area contributed by atoms with Crippen LogP contribution in [0, 0.1) is 6.92 Å². The molecule has 0 unspecified atom stereocenters. The van der Waals surface area contributed by atoms with E-state index in [9.17, 15) is 20.4 Å². The molecule has 0 radical (unpaired) electrons. The third-order valence-corrected chi connectivity index (χ3v) is 5.08. The van der Waals surface area contributed by atoms with Gasteiger partial charge in [-0.05, 0) is 52.0 Å². The van der Waals surface area contributed by atoms with Crippen LogP contribution in [-0.2, 0) is 11.2 Å². The van der Waals surface area contributed by atoms with Crippen molar-refractivity contribution in [1.82, 2.24) is 9.78 Å². The van der Waals surface area contributed by atoms with Crippen molar-refractivity contribution in [2.45, 2.75) is 83.6 Å². The molecule has 2 aromatic rings. The molecular formula is C23H34N2O7. The number of aliphatic hydroxyl groups is 4. The molecule has 2 heterocycles.